The lowest BCUT2D eigenvalue weighted by Crippen LogP contribution is -2.28. The molecule has 0 spiro atoms. The minimum Gasteiger partial charge on any atom is -0.462 e. The first-order valence-corrected chi connectivity index (χ1v) is 10.6. The van der Waals surface area contributed by atoms with Crippen molar-refractivity contribution in [3.05, 3.63) is 82.0 Å². The lowest BCUT2D eigenvalue weighted by atomic mass is 10.1. The van der Waals surface area contributed by atoms with E-state index in [0.29, 0.717) is 27.0 Å². The molecule has 0 saturated carbocycles. The minimum atomic E-state index is -0.550. The fourth-order valence-electron chi connectivity index (χ4n) is 3.25. The molecule has 0 atom stereocenters. The Hall–Kier alpha value is -3.85. The molecule has 4 rings (SSSR count). The number of ether oxygens (including phenoxy) is 1. The lowest BCUT2D eigenvalue weighted by Gasteiger charge is -2.11. The van der Waals surface area contributed by atoms with Crippen LogP contribution in [0.25, 0.3) is 21.3 Å². The number of esters is 1. The molecule has 2 heterocycles. The summed E-state index contributed by atoms with van der Waals surface area (Å²) in [4.78, 5) is 42.7. The Balaban J connectivity index is 1.62. The molecule has 0 saturated heterocycles. The zero-order valence-electron chi connectivity index (χ0n) is 17.0. The standard InChI is InChI=1S/C23H18FN3O4S/c1-2-31-23(30)16-5-3-4-6-18(16)26-19(28)11-27-13-25-21-20(22(27)29)17(12-32-21)14-7-9-15(24)10-8-14/h3-10,12-13H,2,11H2,1H3,(H,26,28). The van der Waals surface area contributed by atoms with E-state index in [0.717, 1.165) is 0 Å². The smallest absolute Gasteiger partial charge is 0.340 e. The fourth-order valence-corrected chi connectivity index (χ4v) is 4.15. The Morgan fingerprint density at radius 2 is 1.91 bits per heavy atom. The van der Waals surface area contributed by atoms with E-state index in [4.69, 9.17) is 4.74 Å². The molecule has 0 aliphatic carbocycles. The topological polar surface area (TPSA) is 90.3 Å². The normalized spacial score (nSPS) is 10.8. The molecule has 162 valence electrons. The van der Waals surface area contributed by atoms with Crippen LogP contribution in [-0.4, -0.2) is 28.0 Å². The molecule has 1 N–H and O–H groups in total. The zero-order chi connectivity index (χ0) is 22.7. The molecule has 0 aliphatic rings. The van der Waals surface area contributed by atoms with Crippen molar-refractivity contribution in [2.24, 2.45) is 0 Å². The van der Waals surface area contributed by atoms with Crippen molar-refractivity contribution in [1.29, 1.82) is 0 Å². The van der Waals surface area contributed by atoms with E-state index < -0.39 is 11.9 Å². The van der Waals surface area contributed by atoms with Crippen LogP contribution in [0.2, 0.25) is 0 Å². The molecule has 0 fully saturated rings. The number of amides is 1. The van der Waals surface area contributed by atoms with E-state index in [1.165, 1.54) is 34.4 Å². The van der Waals surface area contributed by atoms with Crippen LogP contribution < -0.4 is 10.9 Å². The number of nitrogens with zero attached hydrogens (tertiary/aromatic N) is 2. The number of carbonyl (C=O) groups excluding carboxylic acids is 2. The predicted octanol–water partition coefficient (Wildman–Crippen LogP) is 4.08. The number of carbonyl (C=O) groups is 2. The van der Waals surface area contributed by atoms with Crippen molar-refractivity contribution in [2.45, 2.75) is 13.5 Å². The Bertz CT molecular complexity index is 1360. The number of fused-ring (bicyclic) bond motifs is 1. The van der Waals surface area contributed by atoms with E-state index >= 15 is 0 Å². The van der Waals surface area contributed by atoms with Gasteiger partial charge >= 0.3 is 5.97 Å². The first-order valence-electron chi connectivity index (χ1n) is 9.76. The van der Waals surface area contributed by atoms with E-state index in [-0.39, 0.29) is 30.1 Å². The van der Waals surface area contributed by atoms with E-state index in [2.05, 4.69) is 10.3 Å². The second kappa shape index (κ2) is 9.11. The third-order valence-electron chi connectivity index (χ3n) is 4.73. The Kier molecular flexibility index (Phi) is 6.09. The average Bonchev–Trinajstić information content (AvgIpc) is 3.22. The summed E-state index contributed by atoms with van der Waals surface area (Å²) in [7, 11) is 0. The first kappa shape index (κ1) is 21.4. The molecular weight excluding hydrogens is 433 g/mol. The predicted molar refractivity (Wildman–Crippen MR) is 120 cm³/mol. The van der Waals surface area contributed by atoms with Gasteiger partial charge < -0.3 is 10.1 Å². The number of thiophene rings is 1. The lowest BCUT2D eigenvalue weighted by molar-refractivity contribution is -0.116. The maximum atomic E-state index is 13.3. The third kappa shape index (κ3) is 4.28. The van der Waals surface area contributed by atoms with Crippen molar-refractivity contribution in [2.75, 3.05) is 11.9 Å². The summed E-state index contributed by atoms with van der Waals surface area (Å²) in [5, 5.41) is 4.80. The molecule has 0 bridgehead atoms. The third-order valence-corrected chi connectivity index (χ3v) is 5.61. The summed E-state index contributed by atoms with van der Waals surface area (Å²) < 4.78 is 19.5. The first-order chi connectivity index (χ1) is 15.5. The molecular formula is C23H18FN3O4S. The molecule has 7 nitrogen and oxygen atoms in total. The highest BCUT2D eigenvalue weighted by Crippen LogP contribution is 2.30. The van der Waals surface area contributed by atoms with Gasteiger partial charge in [0.15, 0.2) is 0 Å². The van der Waals surface area contributed by atoms with Gasteiger partial charge in [-0.1, -0.05) is 24.3 Å². The van der Waals surface area contributed by atoms with Gasteiger partial charge in [0.05, 0.1) is 29.6 Å². The van der Waals surface area contributed by atoms with E-state index in [1.54, 1.807) is 48.7 Å². The molecule has 9 heteroatoms. The number of para-hydroxylation sites is 1. The van der Waals surface area contributed by atoms with Gasteiger partial charge in [0.2, 0.25) is 5.91 Å². The number of halogens is 1. The highest BCUT2D eigenvalue weighted by Gasteiger charge is 2.17. The summed E-state index contributed by atoms with van der Waals surface area (Å²) in [6, 6.07) is 12.3. The monoisotopic (exact) mass is 451 g/mol. The van der Waals surface area contributed by atoms with Crippen LogP contribution >= 0.6 is 11.3 Å². The molecule has 0 aliphatic heterocycles. The zero-order valence-corrected chi connectivity index (χ0v) is 17.8. The van der Waals surface area contributed by atoms with Crippen molar-refractivity contribution in [3.63, 3.8) is 0 Å². The van der Waals surface area contributed by atoms with Gasteiger partial charge in [-0.15, -0.1) is 11.3 Å². The molecule has 0 radical (unpaired) electrons. The summed E-state index contributed by atoms with van der Waals surface area (Å²) in [6.45, 7) is 1.61. The average molecular weight is 451 g/mol. The van der Waals surface area contributed by atoms with Crippen LogP contribution in [0, 0.1) is 5.82 Å². The number of hydrogen-bond donors (Lipinski definition) is 1. The number of benzene rings is 2. The number of rotatable bonds is 6. The van der Waals surface area contributed by atoms with Gasteiger partial charge in [0.25, 0.3) is 5.56 Å². The van der Waals surface area contributed by atoms with Crippen LogP contribution in [0.3, 0.4) is 0 Å². The highest BCUT2D eigenvalue weighted by molar-refractivity contribution is 7.17. The van der Waals surface area contributed by atoms with Crippen LogP contribution in [0.4, 0.5) is 10.1 Å². The Morgan fingerprint density at radius 3 is 2.66 bits per heavy atom. The van der Waals surface area contributed by atoms with Gasteiger partial charge in [-0.2, -0.15) is 0 Å². The van der Waals surface area contributed by atoms with Crippen molar-refractivity contribution in [1.82, 2.24) is 9.55 Å². The summed E-state index contributed by atoms with van der Waals surface area (Å²) in [5.74, 6) is -1.42. The SMILES string of the molecule is CCOC(=O)c1ccccc1NC(=O)Cn1cnc2scc(-c3ccc(F)cc3)c2c1=O. The number of anilines is 1. The fraction of sp³-hybridized carbons (Fsp3) is 0.130. The van der Waals surface area contributed by atoms with E-state index in [9.17, 15) is 18.8 Å². The largest absolute Gasteiger partial charge is 0.462 e. The molecule has 1 amide bonds. The highest BCUT2D eigenvalue weighted by atomic mass is 32.1. The maximum Gasteiger partial charge on any atom is 0.340 e. The second-order valence-electron chi connectivity index (χ2n) is 6.83. The Labute approximate surface area is 186 Å². The number of nitrogens with one attached hydrogen (secondary N) is 1. The van der Waals surface area contributed by atoms with Crippen molar-refractivity contribution < 1.29 is 18.7 Å². The molecule has 0 unspecified atom stereocenters. The van der Waals surface area contributed by atoms with Crippen molar-refractivity contribution in [3.8, 4) is 11.1 Å². The van der Waals surface area contributed by atoms with Gasteiger partial charge in [-0.05, 0) is 36.8 Å². The van der Waals surface area contributed by atoms with Gasteiger partial charge in [-0.25, -0.2) is 14.2 Å². The molecule has 2 aromatic carbocycles. The summed E-state index contributed by atoms with van der Waals surface area (Å²) in [6.07, 6.45) is 1.31. The summed E-state index contributed by atoms with van der Waals surface area (Å²) in [5.41, 5.74) is 1.44. The van der Waals surface area contributed by atoms with Crippen LogP contribution in [0.15, 0.2) is 65.0 Å². The number of hydrogen-bond acceptors (Lipinski definition) is 6. The van der Waals surface area contributed by atoms with Gasteiger partial charge in [0.1, 0.15) is 17.2 Å². The van der Waals surface area contributed by atoms with E-state index in [1.807, 2.05) is 0 Å². The van der Waals surface area contributed by atoms with Gasteiger partial charge in [0, 0.05) is 10.9 Å². The quantitative estimate of drug-likeness (QED) is 0.446. The summed E-state index contributed by atoms with van der Waals surface area (Å²) >= 11 is 1.30. The minimum absolute atomic E-state index is 0.208. The Morgan fingerprint density at radius 1 is 1.16 bits per heavy atom. The van der Waals surface area contributed by atoms with Crippen LogP contribution in [-0.2, 0) is 16.1 Å². The van der Waals surface area contributed by atoms with Gasteiger partial charge in [-0.3, -0.25) is 14.2 Å². The van der Waals surface area contributed by atoms with Crippen molar-refractivity contribution >= 4 is 39.1 Å². The maximum absolute atomic E-state index is 13.3. The second-order valence-corrected chi connectivity index (χ2v) is 7.69. The molecule has 4 aromatic rings. The van der Waals surface area contributed by atoms with Crippen LogP contribution in [0.5, 0.6) is 0 Å². The molecule has 2 aromatic heterocycles. The van der Waals surface area contributed by atoms with Crippen LogP contribution in [0.1, 0.15) is 17.3 Å². The number of aromatic nitrogens is 2. The molecule has 32 heavy (non-hydrogen) atoms.